The Balaban J connectivity index is 2.67. The van der Waals surface area contributed by atoms with E-state index in [4.69, 9.17) is 9.47 Å². The minimum atomic E-state index is -1.20. The van der Waals surface area contributed by atoms with Gasteiger partial charge in [-0.25, -0.2) is 4.79 Å². The maximum absolute atomic E-state index is 11.4. The lowest BCUT2D eigenvalue weighted by molar-refractivity contribution is 0.00386. The highest BCUT2D eigenvalue weighted by Gasteiger charge is 2.29. The second-order valence-corrected chi connectivity index (χ2v) is 11.1. The zero-order chi connectivity index (χ0) is 13.8. The third-order valence-electron chi connectivity index (χ3n) is 3.22. The summed E-state index contributed by atoms with van der Waals surface area (Å²) < 4.78 is 10.3. The molecule has 0 heterocycles. The number of hydrogen-bond donors (Lipinski definition) is 0. The van der Waals surface area contributed by atoms with Gasteiger partial charge in [0, 0.05) is 5.92 Å². The van der Waals surface area contributed by atoms with Crippen LogP contribution in [0.3, 0.4) is 0 Å². The van der Waals surface area contributed by atoms with Crippen molar-refractivity contribution in [2.75, 3.05) is 6.61 Å². The molecule has 0 spiro atoms. The van der Waals surface area contributed by atoms with E-state index in [0.29, 0.717) is 12.5 Å². The molecule has 0 N–H and O–H groups in total. The van der Waals surface area contributed by atoms with E-state index in [9.17, 15) is 4.79 Å². The molecular formula is C14H26O3Si. The van der Waals surface area contributed by atoms with Gasteiger partial charge in [-0.3, -0.25) is 0 Å². The molecule has 0 bridgehead atoms. The van der Waals surface area contributed by atoms with E-state index in [1.165, 1.54) is 5.57 Å². The summed E-state index contributed by atoms with van der Waals surface area (Å²) in [5, 5.41) is 0. The number of carbonyl (C=O) groups excluding carboxylic acids is 1. The van der Waals surface area contributed by atoms with Crippen molar-refractivity contribution >= 4 is 14.2 Å². The van der Waals surface area contributed by atoms with E-state index in [1.54, 1.807) is 6.92 Å². The van der Waals surface area contributed by atoms with Crippen LogP contribution in [0, 0.1) is 5.92 Å². The summed E-state index contributed by atoms with van der Waals surface area (Å²) in [6.07, 6.45) is 2.66. The molecule has 4 heteroatoms. The largest absolute Gasteiger partial charge is 0.508 e. The minimum absolute atomic E-state index is 0.0135. The quantitative estimate of drug-likeness (QED) is 0.571. The molecule has 0 saturated heterocycles. The lowest BCUT2D eigenvalue weighted by Crippen LogP contribution is -2.31. The van der Waals surface area contributed by atoms with Crippen LogP contribution in [0.15, 0.2) is 11.3 Å². The van der Waals surface area contributed by atoms with E-state index in [2.05, 4.69) is 32.3 Å². The first-order valence-electron chi connectivity index (χ1n) is 6.88. The van der Waals surface area contributed by atoms with Gasteiger partial charge in [-0.15, -0.1) is 0 Å². The van der Waals surface area contributed by atoms with Crippen molar-refractivity contribution in [3.8, 4) is 0 Å². The van der Waals surface area contributed by atoms with Crippen molar-refractivity contribution in [1.82, 2.24) is 0 Å². The van der Waals surface area contributed by atoms with Crippen molar-refractivity contribution in [3.63, 3.8) is 0 Å². The Kier molecular flexibility index (Phi) is 5.44. The Hall–Kier alpha value is -0.773. The van der Waals surface area contributed by atoms with Crippen LogP contribution in [0.1, 0.15) is 33.1 Å². The number of rotatable bonds is 3. The number of hydrogen-bond acceptors (Lipinski definition) is 3. The Morgan fingerprint density at radius 1 is 1.44 bits per heavy atom. The van der Waals surface area contributed by atoms with E-state index in [0.717, 1.165) is 19.3 Å². The highest BCUT2D eigenvalue weighted by atomic mass is 28.3. The molecule has 0 aromatic rings. The summed E-state index contributed by atoms with van der Waals surface area (Å²) in [7, 11) is -1.20. The molecule has 0 amide bonds. The summed E-state index contributed by atoms with van der Waals surface area (Å²) in [6, 6.07) is 0. The smallest absolute Gasteiger partial charge is 0.435 e. The molecule has 2 atom stereocenters. The second-order valence-electron chi connectivity index (χ2n) is 6.11. The van der Waals surface area contributed by atoms with Crippen molar-refractivity contribution in [1.29, 1.82) is 0 Å². The molecule has 0 aliphatic heterocycles. The van der Waals surface area contributed by atoms with Crippen LogP contribution in [-0.2, 0) is 9.47 Å². The average molecular weight is 270 g/mol. The Morgan fingerprint density at radius 2 is 2.11 bits per heavy atom. The molecule has 18 heavy (non-hydrogen) atoms. The fraction of sp³-hybridized carbons (Fsp3) is 0.786. The van der Waals surface area contributed by atoms with Crippen LogP contribution < -0.4 is 0 Å². The predicted octanol–water partition coefficient (Wildman–Crippen LogP) is 4.15. The van der Waals surface area contributed by atoms with Gasteiger partial charge in [0.15, 0.2) is 0 Å². The average Bonchev–Trinajstić information content (AvgIpc) is 2.22. The molecule has 1 aliphatic carbocycles. The first-order valence-corrected chi connectivity index (χ1v) is 10.5. The molecule has 0 aromatic heterocycles. The normalized spacial score (nSPS) is 27.1. The van der Waals surface area contributed by atoms with Crippen molar-refractivity contribution < 1.29 is 14.3 Å². The molecule has 1 rings (SSSR count). The Labute approximate surface area is 112 Å². The van der Waals surface area contributed by atoms with Gasteiger partial charge < -0.3 is 9.47 Å². The number of carbonyl (C=O) groups is 1. The summed E-state index contributed by atoms with van der Waals surface area (Å²) in [5.74, 6) is 0.329. The molecule has 1 aliphatic rings. The zero-order valence-electron chi connectivity index (χ0n) is 12.3. The van der Waals surface area contributed by atoms with Crippen LogP contribution in [0.5, 0.6) is 0 Å². The molecule has 1 saturated carbocycles. The fourth-order valence-corrected chi connectivity index (χ4v) is 3.94. The highest BCUT2D eigenvalue weighted by Crippen LogP contribution is 2.32. The SMILES string of the molecule is CCOC(=O)OC1CCCC(=C[Si](C)(C)C)C1C. The topological polar surface area (TPSA) is 35.5 Å². The van der Waals surface area contributed by atoms with Gasteiger partial charge in [0.1, 0.15) is 6.10 Å². The van der Waals surface area contributed by atoms with E-state index < -0.39 is 14.2 Å². The van der Waals surface area contributed by atoms with Gasteiger partial charge in [0.2, 0.25) is 0 Å². The first kappa shape index (κ1) is 15.3. The van der Waals surface area contributed by atoms with E-state index >= 15 is 0 Å². The summed E-state index contributed by atoms with van der Waals surface area (Å²) in [4.78, 5) is 11.4. The van der Waals surface area contributed by atoms with Gasteiger partial charge in [-0.2, -0.15) is 0 Å². The molecule has 0 aromatic carbocycles. The van der Waals surface area contributed by atoms with Gasteiger partial charge in [-0.1, -0.05) is 37.8 Å². The van der Waals surface area contributed by atoms with Gasteiger partial charge in [-0.05, 0) is 26.2 Å². The first-order chi connectivity index (χ1) is 8.33. The summed E-state index contributed by atoms with van der Waals surface area (Å²) in [5.41, 5.74) is 3.92. The lowest BCUT2D eigenvalue weighted by Gasteiger charge is -2.32. The maximum Gasteiger partial charge on any atom is 0.508 e. The summed E-state index contributed by atoms with van der Waals surface area (Å²) >= 11 is 0. The predicted molar refractivity (Wildman–Crippen MR) is 76.3 cm³/mol. The Bertz CT molecular complexity index is 317. The maximum atomic E-state index is 11.4. The standard InChI is InChI=1S/C14H26O3Si/c1-6-16-14(15)17-13-9-7-8-12(11(13)2)10-18(3,4)5/h10-11,13H,6-9H2,1-5H3. The highest BCUT2D eigenvalue weighted by molar-refractivity contribution is 6.81. The van der Waals surface area contributed by atoms with E-state index in [1.807, 2.05) is 0 Å². The zero-order valence-corrected chi connectivity index (χ0v) is 13.3. The van der Waals surface area contributed by atoms with Crippen molar-refractivity contribution in [2.45, 2.75) is 58.9 Å². The van der Waals surface area contributed by atoms with Crippen molar-refractivity contribution in [2.24, 2.45) is 5.92 Å². The molecule has 3 nitrogen and oxygen atoms in total. The monoisotopic (exact) mass is 270 g/mol. The molecule has 104 valence electrons. The Morgan fingerprint density at radius 3 is 2.67 bits per heavy atom. The molecular weight excluding hydrogens is 244 g/mol. The van der Waals surface area contributed by atoms with Gasteiger partial charge in [0.25, 0.3) is 0 Å². The van der Waals surface area contributed by atoms with Crippen molar-refractivity contribution in [3.05, 3.63) is 11.3 Å². The lowest BCUT2D eigenvalue weighted by atomic mass is 9.84. The van der Waals surface area contributed by atoms with Crippen LogP contribution in [0.4, 0.5) is 4.79 Å². The number of ether oxygens (including phenoxy) is 2. The minimum Gasteiger partial charge on any atom is -0.435 e. The fourth-order valence-electron chi connectivity index (χ4n) is 2.42. The van der Waals surface area contributed by atoms with Crippen LogP contribution >= 0.6 is 0 Å². The van der Waals surface area contributed by atoms with Crippen LogP contribution in [-0.4, -0.2) is 26.9 Å². The van der Waals surface area contributed by atoms with Crippen LogP contribution in [0.25, 0.3) is 0 Å². The molecule has 2 unspecified atom stereocenters. The van der Waals surface area contributed by atoms with Gasteiger partial charge in [0.05, 0.1) is 14.7 Å². The summed E-state index contributed by atoms with van der Waals surface area (Å²) in [6.45, 7) is 11.3. The van der Waals surface area contributed by atoms with Crippen LogP contribution in [0.2, 0.25) is 19.6 Å². The second kappa shape index (κ2) is 6.41. The van der Waals surface area contributed by atoms with E-state index in [-0.39, 0.29) is 6.10 Å². The molecule has 1 fully saturated rings. The van der Waals surface area contributed by atoms with Gasteiger partial charge >= 0.3 is 6.16 Å². The third-order valence-corrected chi connectivity index (χ3v) is 4.46. The molecule has 0 radical (unpaired) electrons. The third kappa shape index (κ3) is 4.84.